The van der Waals surface area contributed by atoms with E-state index in [0.29, 0.717) is 61.9 Å². The molecule has 0 saturated heterocycles. The maximum absolute atomic E-state index is 13.0. The number of nitrogens with zero attached hydrogens (tertiary/aromatic N) is 6. The Morgan fingerprint density at radius 2 is 0.946 bits per heavy atom. The van der Waals surface area contributed by atoms with Crippen LogP contribution < -0.4 is 21.3 Å². The zero-order valence-corrected chi connectivity index (χ0v) is 43.9. The molecule has 0 aliphatic carbocycles. The highest BCUT2D eigenvalue weighted by Gasteiger charge is 2.40. The van der Waals surface area contributed by atoms with E-state index >= 15 is 0 Å². The molecule has 6 aromatic rings. The number of hydrogen-bond donors (Lipinski definition) is 8. The molecule has 0 aliphatic rings. The monoisotopic (exact) mass is 1020 g/mol. The highest BCUT2D eigenvalue weighted by atomic mass is 16.6. The summed E-state index contributed by atoms with van der Waals surface area (Å²) in [7, 11) is 0. The normalized spacial score (nSPS) is 14.0. The molecule has 0 bridgehead atoms. The predicted octanol–water partition coefficient (Wildman–Crippen LogP) is 9.06. The van der Waals surface area contributed by atoms with Gasteiger partial charge in [0.1, 0.15) is 11.6 Å². The molecule has 22 heteroatoms. The first-order chi connectivity index (χ1) is 35.3. The zero-order chi connectivity index (χ0) is 54.0. The van der Waals surface area contributed by atoms with Crippen LogP contribution in [0.15, 0.2) is 81.9 Å². The SMILES string of the molecule is CCCC[C@H](NC(=O)O[C@H](c1nnc(-c2ccc(C)cc2)o1)C(C)(C)CC)[C@@H](O)C(=O)Nc1ccn[nH]1.CCCC[C@H](NC(=O)O[C@H](c1nnc(-c2ccc(C)cc2)o1)C(C)(C)CC)[C@H](O)C(=O)Nc1ccn[nH]1. The molecule has 6 rings (SSSR count). The van der Waals surface area contributed by atoms with Gasteiger partial charge in [0.05, 0.1) is 24.5 Å². The van der Waals surface area contributed by atoms with E-state index in [2.05, 4.69) is 62.1 Å². The average Bonchev–Trinajstić information content (AvgIpc) is 4.26. The van der Waals surface area contributed by atoms with E-state index in [-0.39, 0.29) is 11.8 Å². The summed E-state index contributed by atoms with van der Waals surface area (Å²) >= 11 is 0. The zero-order valence-electron chi connectivity index (χ0n) is 43.9. The lowest BCUT2D eigenvalue weighted by atomic mass is 9.83. The molecule has 4 amide bonds. The summed E-state index contributed by atoms with van der Waals surface area (Å²) in [6.07, 6.45) is 1.72. The fourth-order valence-corrected chi connectivity index (χ4v) is 7.25. The number of nitrogens with one attached hydrogen (secondary N) is 6. The number of aromatic nitrogens is 8. The Hall–Kier alpha value is -7.46. The van der Waals surface area contributed by atoms with E-state index in [9.17, 15) is 29.4 Å². The Morgan fingerprint density at radius 3 is 1.26 bits per heavy atom. The van der Waals surface area contributed by atoms with Gasteiger partial charge in [0.25, 0.3) is 23.6 Å². The molecule has 2 aromatic carbocycles. The Morgan fingerprint density at radius 1 is 0.581 bits per heavy atom. The summed E-state index contributed by atoms with van der Waals surface area (Å²) in [5.74, 6) is 0.315. The molecule has 4 heterocycles. The third-order valence-electron chi connectivity index (χ3n) is 12.8. The second-order valence-corrected chi connectivity index (χ2v) is 19.5. The molecular weight excluding hydrogens is 953 g/mol. The van der Waals surface area contributed by atoms with Crippen LogP contribution in [-0.4, -0.2) is 99.3 Å². The summed E-state index contributed by atoms with van der Waals surface area (Å²) in [5.41, 5.74) is 2.65. The number of aryl methyl sites for hydroxylation is 2. The third-order valence-corrected chi connectivity index (χ3v) is 12.8. The number of aromatic amines is 2. The van der Waals surface area contributed by atoms with Crippen LogP contribution in [0.4, 0.5) is 21.2 Å². The molecule has 400 valence electrons. The fraction of sp³-hybridized carbons (Fsp3) is 0.500. The summed E-state index contributed by atoms with van der Waals surface area (Å²) in [6, 6.07) is 16.7. The van der Waals surface area contributed by atoms with Gasteiger partial charge in [0.15, 0.2) is 24.4 Å². The maximum Gasteiger partial charge on any atom is 0.408 e. The first-order valence-corrected chi connectivity index (χ1v) is 25.0. The van der Waals surface area contributed by atoms with E-state index in [0.717, 1.165) is 35.1 Å². The van der Waals surface area contributed by atoms with Crippen LogP contribution in [0.3, 0.4) is 0 Å². The molecule has 0 fully saturated rings. The predicted molar refractivity (Wildman–Crippen MR) is 275 cm³/mol. The second-order valence-electron chi connectivity index (χ2n) is 19.5. The van der Waals surface area contributed by atoms with E-state index < -0.39 is 71.3 Å². The van der Waals surface area contributed by atoms with Gasteiger partial charge in [-0.05, 0) is 63.8 Å². The van der Waals surface area contributed by atoms with Gasteiger partial charge in [-0.2, -0.15) is 10.2 Å². The number of carbonyl (C=O) groups is 4. The number of alkyl carbamates (subject to hydrolysis) is 2. The number of amides is 4. The molecule has 6 atom stereocenters. The first-order valence-electron chi connectivity index (χ1n) is 25.0. The van der Waals surface area contributed by atoms with Crippen molar-refractivity contribution < 1.29 is 47.7 Å². The third kappa shape index (κ3) is 16.3. The molecule has 0 aliphatic heterocycles. The van der Waals surface area contributed by atoms with Crippen molar-refractivity contribution in [3.63, 3.8) is 0 Å². The summed E-state index contributed by atoms with van der Waals surface area (Å²) in [6.45, 7) is 19.6. The van der Waals surface area contributed by atoms with Gasteiger partial charge in [-0.1, -0.05) is 116 Å². The number of carbonyl (C=O) groups excluding carboxylic acids is 4. The highest BCUT2D eigenvalue weighted by molar-refractivity contribution is 5.94. The molecule has 74 heavy (non-hydrogen) atoms. The molecule has 8 N–H and O–H groups in total. The lowest BCUT2D eigenvalue weighted by Crippen LogP contribution is -2.49. The smallest absolute Gasteiger partial charge is 0.408 e. The lowest BCUT2D eigenvalue weighted by molar-refractivity contribution is -0.126. The Bertz CT molecular complexity index is 2470. The Balaban J connectivity index is 0.000000274. The number of anilines is 2. The molecule has 0 radical (unpaired) electrons. The minimum absolute atomic E-state index is 0.167. The van der Waals surface area contributed by atoms with Crippen molar-refractivity contribution in [2.24, 2.45) is 10.8 Å². The number of rotatable bonds is 24. The van der Waals surface area contributed by atoms with Crippen molar-refractivity contribution in [1.29, 1.82) is 0 Å². The van der Waals surface area contributed by atoms with Crippen molar-refractivity contribution in [1.82, 2.24) is 51.4 Å². The van der Waals surface area contributed by atoms with Gasteiger partial charge < -0.3 is 49.8 Å². The number of H-pyrrole nitrogens is 2. The number of unbranched alkanes of at least 4 members (excludes halogenated alkanes) is 2. The maximum atomic E-state index is 13.0. The van der Waals surface area contributed by atoms with Crippen molar-refractivity contribution >= 4 is 35.6 Å². The van der Waals surface area contributed by atoms with Crippen LogP contribution in [-0.2, 0) is 19.1 Å². The van der Waals surface area contributed by atoms with Crippen LogP contribution in [0.1, 0.15) is 142 Å². The first kappa shape index (κ1) is 57.4. The number of ether oxygens (including phenoxy) is 2. The summed E-state index contributed by atoms with van der Waals surface area (Å²) < 4.78 is 23.5. The molecular formula is C52H72N12O10. The van der Waals surface area contributed by atoms with Crippen LogP contribution in [0.25, 0.3) is 22.9 Å². The minimum Gasteiger partial charge on any atom is -0.436 e. The second kappa shape index (κ2) is 27.0. The quantitative estimate of drug-likeness (QED) is 0.0280. The van der Waals surface area contributed by atoms with E-state index in [1.807, 2.05) is 118 Å². The van der Waals surface area contributed by atoms with Crippen LogP contribution in [0, 0.1) is 24.7 Å². The molecule has 4 aromatic heterocycles. The highest BCUT2D eigenvalue weighted by Crippen LogP contribution is 2.41. The summed E-state index contributed by atoms with van der Waals surface area (Å²) in [4.78, 5) is 51.2. The number of aliphatic hydroxyl groups is 2. The number of hydrogen-bond acceptors (Lipinski definition) is 16. The number of benzene rings is 2. The molecule has 0 unspecified atom stereocenters. The standard InChI is InChI=1S/2C26H36N6O5/c2*1-6-8-9-18(20(33)22(34)29-19-14-15-27-30-19)28-25(35)36-21(26(4,5)7-2)24-32-31-23(37-24)17-12-10-16(3)11-13-17/h2*10-15,18,20-21,33H,6-9H2,1-5H3,(H,28,35)(H2,27,29,30,34)/t18-,20+,21+;18-,20-,21+/m00/s1. The largest absolute Gasteiger partial charge is 0.436 e. The fourth-order valence-electron chi connectivity index (χ4n) is 7.25. The van der Waals surface area contributed by atoms with Crippen molar-refractivity contribution in [3.8, 4) is 22.9 Å². The topological polar surface area (TPSA) is 311 Å². The van der Waals surface area contributed by atoms with E-state index in [1.165, 1.54) is 12.4 Å². The number of aliphatic hydroxyl groups excluding tert-OH is 2. The lowest BCUT2D eigenvalue weighted by Gasteiger charge is -2.31. The molecule has 22 nitrogen and oxygen atoms in total. The summed E-state index contributed by atoms with van der Waals surface area (Å²) in [5, 5.41) is 61.2. The molecule has 0 saturated carbocycles. The van der Waals surface area contributed by atoms with Crippen molar-refractivity contribution in [2.75, 3.05) is 10.6 Å². The van der Waals surface area contributed by atoms with Gasteiger partial charge in [-0.25, -0.2) is 9.59 Å². The van der Waals surface area contributed by atoms with Gasteiger partial charge >= 0.3 is 12.2 Å². The van der Waals surface area contributed by atoms with E-state index in [1.54, 1.807) is 12.1 Å². The van der Waals surface area contributed by atoms with Gasteiger partial charge in [-0.3, -0.25) is 19.8 Å². The average molecular weight is 1030 g/mol. The van der Waals surface area contributed by atoms with Crippen LogP contribution in [0.2, 0.25) is 0 Å². The van der Waals surface area contributed by atoms with Gasteiger partial charge in [0.2, 0.25) is 11.8 Å². The van der Waals surface area contributed by atoms with Gasteiger partial charge in [0, 0.05) is 34.1 Å². The van der Waals surface area contributed by atoms with E-state index in [4.69, 9.17) is 18.3 Å². The van der Waals surface area contributed by atoms with Crippen LogP contribution >= 0.6 is 0 Å². The van der Waals surface area contributed by atoms with Crippen LogP contribution in [0.5, 0.6) is 0 Å². The Kier molecular flexibility index (Phi) is 21.0. The Labute approximate surface area is 431 Å². The van der Waals surface area contributed by atoms with Gasteiger partial charge in [-0.15, -0.1) is 20.4 Å². The van der Waals surface area contributed by atoms with Crippen molar-refractivity contribution in [2.45, 2.75) is 157 Å². The molecule has 0 spiro atoms. The van der Waals surface area contributed by atoms with Crippen molar-refractivity contribution in [3.05, 3.63) is 96.0 Å². The minimum atomic E-state index is -1.50.